The van der Waals surface area contributed by atoms with Crippen LogP contribution in [0.1, 0.15) is 24.1 Å². The summed E-state index contributed by atoms with van der Waals surface area (Å²) in [5.74, 6) is -1.33. The van der Waals surface area contributed by atoms with Crippen LogP contribution >= 0.6 is 11.6 Å². The smallest absolute Gasteiger partial charge is 0.233 e. The van der Waals surface area contributed by atoms with Gasteiger partial charge in [0.15, 0.2) is 12.0 Å². The third kappa shape index (κ3) is 4.92. The summed E-state index contributed by atoms with van der Waals surface area (Å²) in [7, 11) is -2.54. The SMILES string of the molecule is CS(=O)(=Nc1cc(F)c(COc2nc3c(cc2Cl)N=C(O[C@@H]2CO[C@H]4[C@@H]2OC[C@H]4O)C3)c(F)c1)C1CC1. The molecule has 3 aliphatic heterocycles. The number of halogens is 3. The Balaban J connectivity index is 1.12. The molecule has 4 heterocycles. The van der Waals surface area contributed by atoms with Gasteiger partial charge >= 0.3 is 0 Å². The van der Waals surface area contributed by atoms with E-state index < -0.39 is 46.3 Å². The minimum absolute atomic E-state index is 0.00116. The zero-order valence-electron chi connectivity index (χ0n) is 19.7. The molecule has 1 unspecified atom stereocenters. The summed E-state index contributed by atoms with van der Waals surface area (Å²) >= 11 is 6.29. The van der Waals surface area contributed by atoms with Crippen molar-refractivity contribution in [3.63, 3.8) is 0 Å². The van der Waals surface area contributed by atoms with Crippen molar-refractivity contribution in [3.05, 3.63) is 46.1 Å². The first-order valence-corrected chi connectivity index (χ1v) is 14.2. The predicted octanol–water partition coefficient (Wildman–Crippen LogP) is 3.61. The standard InChI is InChI=1S/C24H24ClF2N3O6S/c1-37(32,12-2-3-12)30-11-4-15(26)13(16(27)5-11)8-35-24-14(25)6-17-18(29-24)7-21(28-17)36-20-10-34-22-19(31)9-33-23(20)22/h4-6,12,19-20,22-23,31H,2-3,7-10H2,1H3/t19-,20-,22-,23-,37?/m1/s1. The molecule has 9 nitrogen and oxygen atoms in total. The van der Waals surface area contributed by atoms with Crippen molar-refractivity contribution in [2.45, 2.75) is 55.5 Å². The molecule has 1 N–H and O–H groups in total. The van der Waals surface area contributed by atoms with Gasteiger partial charge in [0.05, 0.1) is 52.0 Å². The van der Waals surface area contributed by atoms with Crippen LogP contribution in [0.5, 0.6) is 5.88 Å². The minimum atomic E-state index is -2.54. The van der Waals surface area contributed by atoms with Gasteiger partial charge in [-0.05, 0) is 18.9 Å². The molecular weight excluding hydrogens is 532 g/mol. The summed E-state index contributed by atoms with van der Waals surface area (Å²) in [5, 5.41) is 9.98. The van der Waals surface area contributed by atoms with Crippen molar-refractivity contribution >= 4 is 38.6 Å². The highest BCUT2D eigenvalue weighted by Gasteiger charge is 2.49. The Morgan fingerprint density at radius 2 is 1.92 bits per heavy atom. The zero-order valence-corrected chi connectivity index (χ0v) is 21.3. The number of aliphatic imine (C=N–C) groups is 1. The van der Waals surface area contributed by atoms with Gasteiger partial charge in [0.1, 0.15) is 41.6 Å². The first kappa shape index (κ1) is 24.9. The molecule has 1 aromatic carbocycles. The Bertz CT molecular complexity index is 1390. The molecule has 3 fully saturated rings. The van der Waals surface area contributed by atoms with E-state index in [4.69, 9.17) is 30.5 Å². The summed E-state index contributed by atoms with van der Waals surface area (Å²) < 4.78 is 68.7. The van der Waals surface area contributed by atoms with E-state index in [0.717, 1.165) is 25.0 Å². The molecule has 0 amide bonds. The number of ether oxygens (including phenoxy) is 4. The molecule has 198 valence electrons. The van der Waals surface area contributed by atoms with Gasteiger partial charge < -0.3 is 24.1 Å². The lowest BCUT2D eigenvalue weighted by Gasteiger charge is -2.17. The van der Waals surface area contributed by atoms with Gasteiger partial charge in [-0.25, -0.2) is 23.0 Å². The molecule has 0 radical (unpaired) electrons. The Kier molecular flexibility index (Phi) is 6.35. The molecule has 5 atom stereocenters. The van der Waals surface area contributed by atoms with E-state index in [1.54, 1.807) is 6.07 Å². The van der Waals surface area contributed by atoms with Crippen LogP contribution in [0, 0.1) is 11.6 Å². The minimum Gasteiger partial charge on any atom is -0.472 e. The van der Waals surface area contributed by atoms with E-state index in [-0.39, 0.29) is 53.1 Å². The highest BCUT2D eigenvalue weighted by Crippen LogP contribution is 2.36. The summed E-state index contributed by atoms with van der Waals surface area (Å²) in [6.07, 6.45) is 1.48. The van der Waals surface area contributed by atoms with Crippen molar-refractivity contribution in [2.75, 3.05) is 19.5 Å². The van der Waals surface area contributed by atoms with Gasteiger partial charge in [0.2, 0.25) is 5.88 Å². The molecule has 0 bridgehead atoms. The van der Waals surface area contributed by atoms with Gasteiger partial charge in [-0.3, -0.25) is 0 Å². The molecule has 1 aliphatic carbocycles. The monoisotopic (exact) mass is 555 g/mol. The Hall–Kier alpha value is -2.38. The molecule has 6 rings (SSSR count). The Morgan fingerprint density at radius 1 is 1.19 bits per heavy atom. The highest BCUT2D eigenvalue weighted by molar-refractivity contribution is 7.93. The molecular formula is C24H24ClF2N3O6S. The van der Waals surface area contributed by atoms with E-state index in [1.165, 1.54) is 6.26 Å². The molecule has 13 heteroatoms. The second-order valence-electron chi connectivity index (χ2n) is 9.57. The van der Waals surface area contributed by atoms with Crippen LogP contribution in [0.15, 0.2) is 27.6 Å². The third-order valence-electron chi connectivity index (χ3n) is 6.74. The molecule has 37 heavy (non-hydrogen) atoms. The van der Waals surface area contributed by atoms with Crippen molar-refractivity contribution < 1.29 is 37.0 Å². The average molecular weight is 556 g/mol. The molecule has 2 aromatic rings. The van der Waals surface area contributed by atoms with E-state index in [0.29, 0.717) is 17.3 Å². The molecule has 1 aromatic heterocycles. The maximum Gasteiger partial charge on any atom is 0.233 e. The van der Waals surface area contributed by atoms with E-state index >= 15 is 0 Å². The lowest BCUT2D eigenvalue weighted by Crippen LogP contribution is -2.34. The fraction of sp³-hybridized carbons (Fsp3) is 0.500. The highest BCUT2D eigenvalue weighted by atomic mass is 35.5. The average Bonchev–Trinajstić information content (AvgIpc) is 3.39. The van der Waals surface area contributed by atoms with Crippen molar-refractivity contribution in [2.24, 2.45) is 9.36 Å². The lowest BCUT2D eigenvalue weighted by atomic mass is 10.1. The van der Waals surface area contributed by atoms with Gasteiger partial charge in [-0.15, -0.1) is 0 Å². The summed E-state index contributed by atoms with van der Waals surface area (Å²) in [6.45, 7) is 0.00135. The van der Waals surface area contributed by atoms with Gasteiger partial charge in [-0.2, -0.15) is 4.36 Å². The second kappa shape index (κ2) is 9.42. The van der Waals surface area contributed by atoms with Gasteiger partial charge in [-0.1, -0.05) is 11.6 Å². The van der Waals surface area contributed by atoms with Crippen LogP contribution in [0.3, 0.4) is 0 Å². The fourth-order valence-electron chi connectivity index (χ4n) is 4.64. The topological polar surface area (TPSA) is 112 Å². The number of rotatable bonds is 6. The number of hydrogen-bond donors (Lipinski definition) is 1. The molecule has 1 saturated carbocycles. The first-order chi connectivity index (χ1) is 17.7. The third-order valence-corrected chi connectivity index (χ3v) is 9.29. The maximum absolute atomic E-state index is 14.7. The van der Waals surface area contributed by atoms with E-state index in [1.807, 2.05) is 0 Å². The number of fused-ring (bicyclic) bond motifs is 2. The van der Waals surface area contributed by atoms with Crippen LogP contribution in [0.4, 0.5) is 20.2 Å². The molecule has 4 aliphatic rings. The number of nitrogens with zero attached hydrogens (tertiary/aromatic N) is 3. The van der Waals surface area contributed by atoms with Crippen LogP contribution in [-0.2, 0) is 37.0 Å². The zero-order chi connectivity index (χ0) is 25.9. The van der Waals surface area contributed by atoms with Crippen LogP contribution in [0.25, 0.3) is 0 Å². The number of pyridine rings is 1. The number of aliphatic hydroxyl groups excluding tert-OH is 1. The van der Waals surface area contributed by atoms with Crippen molar-refractivity contribution in [3.8, 4) is 5.88 Å². The van der Waals surface area contributed by atoms with E-state index in [9.17, 15) is 18.1 Å². The lowest BCUT2D eigenvalue weighted by molar-refractivity contribution is 0.00558. The maximum atomic E-state index is 14.7. The van der Waals surface area contributed by atoms with Gasteiger partial charge in [0, 0.05) is 23.6 Å². The van der Waals surface area contributed by atoms with Crippen LogP contribution in [0.2, 0.25) is 5.02 Å². The Labute approximate surface area is 216 Å². The van der Waals surface area contributed by atoms with Crippen molar-refractivity contribution in [1.29, 1.82) is 0 Å². The second-order valence-corrected chi connectivity index (χ2v) is 12.6. The number of aliphatic hydroxyl groups is 1. The summed E-state index contributed by atoms with van der Waals surface area (Å²) in [5.41, 5.74) is 0.705. The van der Waals surface area contributed by atoms with Crippen LogP contribution < -0.4 is 4.74 Å². The number of hydrogen-bond acceptors (Lipinski definition) is 9. The van der Waals surface area contributed by atoms with E-state index in [2.05, 4.69) is 14.3 Å². The van der Waals surface area contributed by atoms with Gasteiger partial charge in [0.25, 0.3) is 0 Å². The van der Waals surface area contributed by atoms with Crippen LogP contribution in [-0.4, -0.2) is 69.3 Å². The van der Waals surface area contributed by atoms with Crippen molar-refractivity contribution in [1.82, 2.24) is 4.98 Å². The molecule has 2 saturated heterocycles. The Morgan fingerprint density at radius 3 is 2.65 bits per heavy atom. The molecule has 0 spiro atoms. The summed E-state index contributed by atoms with van der Waals surface area (Å²) in [4.78, 5) is 8.79. The predicted molar refractivity (Wildman–Crippen MR) is 130 cm³/mol. The quantitative estimate of drug-likeness (QED) is 0.579. The number of aromatic nitrogens is 1. The largest absolute Gasteiger partial charge is 0.472 e. The fourth-order valence-corrected chi connectivity index (χ4v) is 6.53. The first-order valence-electron chi connectivity index (χ1n) is 11.8. The summed E-state index contributed by atoms with van der Waals surface area (Å²) in [6, 6.07) is 3.64. The number of benzene rings is 1. The normalized spacial score (nSPS) is 27.9.